The Morgan fingerprint density at radius 2 is 2.06 bits per heavy atom. The third kappa shape index (κ3) is 4.25. The topological polar surface area (TPSA) is 98.7 Å². The van der Waals surface area contributed by atoms with Gasteiger partial charge in [-0.05, 0) is 23.8 Å². The molecular weight excluding hydrogens is 246 g/mol. The fourth-order valence-corrected chi connectivity index (χ4v) is 1.42. The number of rotatable bonds is 5. The Bertz CT molecular complexity index is 454. The number of aliphatic carboxylic acids is 1. The van der Waals surface area contributed by atoms with Crippen LogP contribution in [0.5, 0.6) is 5.75 Å². The molecule has 0 aliphatic carbocycles. The van der Waals surface area contributed by atoms with E-state index in [0.29, 0.717) is 11.3 Å². The summed E-state index contributed by atoms with van der Waals surface area (Å²) in [6.07, 6.45) is 1.21. The van der Waals surface area contributed by atoms with Gasteiger partial charge in [-0.15, -0.1) is 0 Å². The second kappa shape index (κ2) is 6.02. The molecule has 1 aromatic carbocycles. The summed E-state index contributed by atoms with van der Waals surface area (Å²) in [7, 11) is 1.51. The number of carboxylic acids is 1. The molecule has 1 unspecified atom stereocenters. The predicted molar refractivity (Wildman–Crippen MR) is 60.7 cm³/mol. The van der Waals surface area contributed by atoms with Crippen LogP contribution in [-0.4, -0.2) is 26.9 Å². The molecule has 1 atom stereocenters. The van der Waals surface area contributed by atoms with Crippen LogP contribution in [0.15, 0.2) is 30.0 Å². The average Bonchev–Trinajstić information content (AvgIpc) is 2.28. The summed E-state index contributed by atoms with van der Waals surface area (Å²) in [5.74, 6) is -0.732. The van der Waals surface area contributed by atoms with E-state index in [1.54, 1.807) is 29.0 Å². The van der Waals surface area contributed by atoms with E-state index in [-0.39, 0.29) is 0 Å². The number of ether oxygens (including phenoxy) is 1. The van der Waals surface area contributed by atoms with E-state index in [0.717, 1.165) is 0 Å². The quantitative estimate of drug-likeness (QED) is 0.590. The second-order valence-corrected chi connectivity index (χ2v) is 3.65. The highest BCUT2D eigenvalue weighted by Crippen LogP contribution is 2.13. The zero-order chi connectivity index (χ0) is 12.8. The molecule has 1 rings (SSSR count). The van der Waals surface area contributed by atoms with Crippen LogP contribution < -0.4 is 9.46 Å². The van der Waals surface area contributed by atoms with E-state index in [9.17, 15) is 13.6 Å². The Labute approximate surface area is 100 Å². The number of carbonyl (C=O) groups is 1. The van der Waals surface area contributed by atoms with Crippen molar-refractivity contribution in [3.05, 3.63) is 35.5 Å². The van der Waals surface area contributed by atoms with Crippen LogP contribution in [0.4, 0.5) is 0 Å². The van der Waals surface area contributed by atoms with Crippen molar-refractivity contribution >= 4 is 23.3 Å². The standard InChI is InChI=1S/C10H11NO5S/c1-16-8-4-2-7(3-5-8)6-9(10(12)13)11-17(14)15/h2-6,11H,1H3,(H,12,13)(H,14,15)/p-1. The van der Waals surface area contributed by atoms with Gasteiger partial charge in [0.1, 0.15) is 11.4 Å². The third-order valence-electron chi connectivity index (χ3n) is 1.85. The van der Waals surface area contributed by atoms with Crippen LogP contribution in [0.2, 0.25) is 0 Å². The second-order valence-electron chi connectivity index (χ2n) is 2.97. The summed E-state index contributed by atoms with van der Waals surface area (Å²) < 4.78 is 27.5. The van der Waals surface area contributed by atoms with Gasteiger partial charge >= 0.3 is 5.97 Å². The van der Waals surface area contributed by atoms with Gasteiger partial charge in [-0.3, -0.25) is 4.21 Å². The Morgan fingerprint density at radius 1 is 1.47 bits per heavy atom. The van der Waals surface area contributed by atoms with Crippen LogP contribution >= 0.6 is 0 Å². The van der Waals surface area contributed by atoms with Crippen LogP contribution in [0.1, 0.15) is 5.56 Å². The monoisotopic (exact) mass is 256 g/mol. The van der Waals surface area contributed by atoms with Crippen molar-refractivity contribution in [1.82, 2.24) is 4.72 Å². The molecule has 0 radical (unpaired) electrons. The predicted octanol–water partition coefficient (Wildman–Crippen LogP) is 0.504. The van der Waals surface area contributed by atoms with Gasteiger partial charge in [-0.25, -0.2) is 4.79 Å². The lowest BCUT2D eigenvalue weighted by atomic mass is 10.2. The number of nitrogens with one attached hydrogen (secondary N) is 1. The zero-order valence-corrected chi connectivity index (χ0v) is 9.69. The minimum Gasteiger partial charge on any atom is -0.755 e. The van der Waals surface area contributed by atoms with Gasteiger partial charge < -0.3 is 19.1 Å². The first-order chi connectivity index (χ1) is 8.02. The molecule has 92 valence electrons. The third-order valence-corrected chi connectivity index (χ3v) is 2.24. The van der Waals surface area contributed by atoms with Gasteiger partial charge in [-0.1, -0.05) is 12.1 Å². The lowest BCUT2D eigenvalue weighted by Gasteiger charge is -2.09. The Morgan fingerprint density at radius 3 is 2.47 bits per heavy atom. The minimum atomic E-state index is -2.67. The maximum Gasteiger partial charge on any atom is 0.352 e. The van der Waals surface area contributed by atoms with Crippen molar-refractivity contribution in [1.29, 1.82) is 0 Å². The summed E-state index contributed by atoms with van der Waals surface area (Å²) in [4.78, 5) is 10.7. The Hall–Kier alpha value is -1.86. The largest absolute Gasteiger partial charge is 0.755 e. The first kappa shape index (κ1) is 13.2. The van der Waals surface area contributed by atoms with E-state index >= 15 is 0 Å². The number of hydrogen-bond acceptors (Lipinski definition) is 4. The summed E-state index contributed by atoms with van der Waals surface area (Å²) >= 11 is -2.67. The van der Waals surface area contributed by atoms with Crippen molar-refractivity contribution in [2.45, 2.75) is 0 Å². The maximum absolute atomic E-state index is 10.7. The van der Waals surface area contributed by atoms with Gasteiger partial charge in [0.25, 0.3) is 0 Å². The lowest BCUT2D eigenvalue weighted by molar-refractivity contribution is -0.132. The van der Waals surface area contributed by atoms with Crippen molar-refractivity contribution < 1.29 is 23.4 Å². The van der Waals surface area contributed by atoms with E-state index < -0.39 is 22.9 Å². The number of hydrogen-bond donors (Lipinski definition) is 2. The summed E-state index contributed by atoms with van der Waals surface area (Å²) in [6, 6.07) is 6.49. The van der Waals surface area contributed by atoms with Gasteiger partial charge in [-0.2, -0.15) is 0 Å². The fourth-order valence-electron chi connectivity index (χ4n) is 1.09. The highest BCUT2D eigenvalue weighted by Gasteiger charge is 2.06. The number of methoxy groups -OCH3 is 1. The summed E-state index contributed by atoms with van der Waals surface area (Å²) in [6.45, 7) is 0. The number of benzene rings is 1. The molecular formula is C10H10NO5S-. The first-order valence-electron chi connectivity index (χ1n) is 4.48. The Kier molecular flexibility index (Phi) is 4.68. The number of carboxylic acid groups (broad SMARTS) is 1. The average molecular weight is 256 g/mol. The van der Waals surface area contributed by atoms with Gasteiger partial charge in [0.05, 0.1) is 7.11 Å². The summed E-state index contributed by atoms with van der Waals surface area (Å²) in [5, 5.41) is 8.76. The van der Waals surface area contributed by atoms with E-state index in [1.807, 2.05) is 0 Å². The maximum atomic E-state index is 10.7. The van der Waals surface area contributed by atoms with Crippen molar-refractivity contribution in [2.75, 3.05) is 7.11 Å². The molecule has 0 spiro atoms. The molecule has 7 heteroatoms. The van der Waals surface area contributed by atoms with E-state index in [4.69, 9.17) is 9.84 Å². The minimum absolute atomic E-state index is 0.427. The molecule has 0 aliphatic heterocycles. The van der Waals surface area contributed by atoms with Gasteiger partial charge in [0, 0.05) is 11.3 Å². The van der Waals surface area contributed by atoms with Crippen molar-refractivity contribution in [2.24, 2.45) is 0 Å². The Balaban J connectivity index is 2.95. The molecule has 0 heterocycles. The molecule has 0 amide bonds. The lowest BCUT2D eigenvalue weighted by Crippen LogP contribution is -2.21. The van der Waals surface area contributed by atoms with Gasteiger partial charge in [0.2, 0.25) is 0 Å². The van der Waals surface area contributed by atoms with Gasteiger partial charge in [0.15, 0.2) is 0 Å². The SMILES string of the molecule is COc1ccc(C=C(NS(=O)[O-])C(=O)O)cc1. The van der Waals surface area contributed by atoms with E-state index in [2.05, 4.69) is 0 Å². The van der Waals surface area contributed by atoms with Crippen molar-refractivity contribution in [3.8, 4) is 5.75 Å². The smallest absolute Gasteiger partial charge is 0.352 e. The molecule has 1 aromatic rings. The first-order valence-corrected chi connectivity index (χ1v) is 5.55. The van der Waals surface area contributed by atoms with E-state index in [1.165, 1.54) is 13.2 Å². The van der Waals surface area contributed by atoms with Crippen LogP contribution in [0.25, 0.3) is 6.08 Å². The molecule has 0 bridgehead atoms. The van der Waals surface area contributed by atoms with Crippen LogP contribution in [-0.2, 0) is 16.1 Å². The molecule has 0 saturated carbocycles. The molecule has 0 aliphatic rings. The normalized spacial score (nSPS) is 12.9. The van der Waals surface area contributed by atoms with Crippen LogP contribution in [0.3, 0.4) is 0 Å². The molecule has 0 fully saturated rings. The molecule has 6 nitrogen and oxygen atoms in total. The highest BCUT2D eigenvalue weighted by atomic mass is 32.2. The fraction of sp³-hybridized carbons (Fsp3) is 0.100. The molecule has 17 heavy (non-hydrogen) atoms. The van der Waals surface area contributed by atoms with Crippen molar-refractivity contribution in [3.63, 3.8) is 0 Å². The molecule has 0 aromatic heterocycles. The molecule has 2 N–H and O–H groups in total. The summed E-state index contributed by atoms with van der Waals surface area (Å²) in [5.41, 5.74) is 0.115. The zero-order valence-electron chi connectivity index (χ0n) is 8.88. The molecule has 0 saturated heterocycles. The highest BCUT2D eigenvalue weighted by molar-refractivity contribution is 7.77. The van der Waals surface area contributed by atoms with Crippen LogP contribution in [0, 0.1) is 0 Å².